The molecule has 0 radical (unpaired) electrons. The third-order valence-electron chi connectivity index (χ3n) is 6.79. The summed E-state index contributed by atoms with van der Waals surface area (Å²) in [4.78, 5) is 0. The van der Waals surface area contributed by atoms with Gasteiger partial charge in [-0.1, -0.05) is 6.08 Å². The molecule has 0 amide bonds. The Morgan fingerprint density at radius 2 is 1.62 bits per heavy atom. The van der Waals surface area contributed by atoms with Gasteiger partial charge >= 0.3 is 0 Å². The van der Waals surface area contributed by atoms with Crippen molar-refractivity contribution in [3.05, 3.63) is 82.7 Å². The van der Waals surface area contributed by atoms with Gasteiger partial charge in [-0.3, -0.25) is 0 Å². The molecule has 0 bridgehead atoms. The molecule has 0 aromatic heterocycles. The van der Waals surface area contributed by atoms with E-state index >= 15 is 0 Å². The molecule has 1 fully saturated rings. The molecule has 154 valence electrons. The number of rotatable bonds is 4. The molecule has 0 N–H and O–H groups in total. The Bertz CT molecular complexity index is 912. The van der Waals surface area contributed by atoms with E-state index in [-0.39, 0.29) is 23.7 Å². The van der Waals surface area contributed by atoms with E-state index in [4.69, 9.17) is 0 Å². The van der Waals surface area contributed by atoms with Gasteiger partial charge < -0.3 is 0 Å². The number of halogens is 5. The molecule has 2 aliphatic carbocycles. The van der Waals surface area contributed by atoms with Crippen LogP contribution in [0, 0.1) is 40.9 Å². The van der Waals surface area contributed by atoms with Crippen LogP contribution in [-0.4, -0.2) is 0 Å². The van der Waals surface area contributed by atoms with Crippen molar-refractivity contribution in [1.82, 2.24) is 0 Å². The number of hydrogen-bond acceptors (Lipinski definition) is 0. The molecule has 1 saturated carbocycles. The van der Waals surface area contributed by atoms with Gasteiger partial charge in [0.15, 0.2) is 17.5 Å². The van der Waals surface area contributed by atoms with Crippen LogP contribution in [0.25, 0.3) is 0 Å². The normalized spacial score (nSPS) is 26.0. The molecular formula is C24H23F5. The Labute approximate surface area is 167 Å². The number of fused-ring (bicyclic) bond motifs is 3. The number of hydrogen-bond donors (Lipinski definition) is 0. The monoisotopic (exact) mass is 406 g/mol. The maximum absolute atomic E-state index is 14.3. The maximum atomic E-state index is 14.3. The Balaban J connectivity index is 1.78. The van der Waals surface area contributed by atoms with Gasteiger partial charge in [0.25, 0.3) is 0 Å². The smallest absolute Gasteiger partial charge is 0.194 e. The summed E-state index contributed by atoms with van der Waals surface area (Å²) in [5.41, 5.74) is 1.66. The van der Waals surface area contributed by atoms with Crippen molar-refractivity contribution >= 4 is 0 Å². The first kappa shape index (κ1) is 20.1. The molecule has 0 heterocycles. The van der Waals surface area contributed by atoms with Crippen LogP contribution >= 0.6 is 0 Å². The van der Waals surface area contributed by atoms with E-state index in [1.807, 2.05) is 6.08 Å². The molecule has 5 heteroatoms. The minimum Gasteiger partial charge on any atom is -0.207 e. The van der Waals surface area contributed by atoms with Crippen molar-refractivity contribution in [3.63, 3.8) is 0 Å². The molecule has 4 atom stereocenters. The highest BCUT2D eigenvalue weighted by Gasteiger charge is 2.43. The molecular weight excluding hydrogens is 383 g/mol. The molecule has 2 aliphatic rings. The molecule has 2 aromatic carbocycles. The van der Waals surface area contributed by atoms with E-state index in [1.165, 1.54) is 6.07 Å². The van der Waals surface area contributed by atoms with Gasteiger partial charge in [0.1, 0.15) is 11.6 Å². The Morgan fingerprint density at radius 3 is 2.31 bits per heavy atom. The molecule has 0 saturated heterocycles. The molecule has 4 rings (SSSR count). The lowest BCUT2D eigenvalue weighted by Crippen LogP contribution is -2.35. The summed E-state index contributed by atoms with van der Waals surface area (Å²) in [6.45, 7) is 3.76. The lowest BCUT2D eigenvalue weighted by Gasteiger charge is -2.47. The summed E-state index contributed by atoms with van der Waals surface area (Å²) in [5.74, 6) is -5.12. The van der Waals surface area contributed by atoms with Crippen LogP contribution in [0.2, 0.25) is 0 Å². The highest BCUT2D eigenvalue weighted by atomic mass is 19.2. The summed E-state index contributed by atoms with van der Waals surface area (Å²) in [5, 5.41) is 0. The van der Waals surface area contributed by atoms with Gasteiger partial charge in [-0.2, -0.15) is 0 Å². The van der Waals surface area contributed by atoms with E-state index in [0.29, 0.717) is 29.5 Å². The summed E-state index contributed by atoms with van der Waals surface area (Å²) in [6.07, 6.45) is 6.04. The van der Waals surface area contributed by atoms with Gasteiger partial charge in [-0.15, -0.1) is 6.58 Å². The van der Waals surface area contributed by atoms with Crippen molar-refractivity contribution < 1.29 is 22.0 Å². The van der Waals surface area contributed by atoms with Crippen LogP contribution in [0.1, 0.15) is 60.6 Å². The predicted octanol–water partition coefficient (Wildman–Crippen LogP) is 7.19. The molecule has 4 unspecified atom stereocenters. The van der Waals surface area contributed by atoms with E-state index < -0.39 is 29.1 Å². The van der Waals surface area contributed by atoms with Crippen molar-refractivity contribution in [2.45, 2.75) is 50.4 Å². The summed E-state index contributed by atoms with van der Waals surface area (Å²) < 4.78 is 69.8. The van der Waals surface area contributed by atoms with E-state index in [9.17, 15) is 22.0 Å². The molecule has 2 aromatic rings. The van der Waals surface area contributed by atoms with E-state index in [2.05, 4.69) is 6.58 Å². The second kappa shape index (κ2) is 7.92. The van der Waals surface area contributed by atoms with E-state index in [0.717, 1.165) is 43.9 Å². The third-order valence-corrected chi connectivity index (χ3v) is 6.79. The zero-order valence-corrected chi connectivity index (χ0v) is 16.0. The molecule has 0 nitrogen and oxygen atoms in total. The Morgan fingerprint density at radius 1 is 0.897 bits per heavy atom. The lowest BCUT2D eigenvalue weighted by atomic mass is 9.57. The molecule has 0 spiro atoms. The summed E-state index contributed by atoms with van der Waals surface area (Å²) >= 11 is 0. The quantitative estimate of drug-likeness (QED) is 0.286. The second-order valence-corrected chi connectivity index (χ2v) is 8.29. The zero-order chi connectivity index (χ0) is 20.7. The fraction of sp³-hybridized carbons (Fsp3) is 0.417. The first-order valence-electron chi connectivity index (χ1n) is 10.1. The second-order valence-electron chi connectivity index (χ2n) is 8.29. The summed E-state index contributed by atoms with van der Waals surface area (Å²) in [6, 6.07) is 4.50. The fourth-order valence-corrected chi connectivity index (χ4v) is 5.63. The first-order valence-corrected chi connectivity index (χ1v) is 10.1. The average molecular weight is 406 g/mol. The molecule has 0 aliphatic heterocycles. The maximum Gasteiger partial charge on any atom is 0.194 e. The molecule has 29 heavy (non-hydrogen) atoms. The van der Waals surface area contributed by atoms with Crippen LogP contribution in [0.15, 0.2) is 36.9 Å². The van der Waals surface area contributed by atoms with Gasteiger partial charge in [-0.25, -0.2) is 22.0 Å². The van der Waals surface area contributed by atoms with E-state index in [1.54, 1.807) is 0 Å². The number of allylic oxidation sites excluding steroid dienone is 1. The highest BCUT2D eigenvalue weighted by Crippen LogP contribution is 2.55. The van der Waals surface area contributed by atoms with Crippen LogP contribution in [0.5, 0.6) is 0 Å². The van der Waals surface area contributed by atoms with Crippen LogP contribution < -0.4 is 0 Å². The predicted molar refractivity (Wildman–Crippen MR) is 102 cm³/mol. The Kier molecular flexibility index (Phi) is 5.50. The van der Waals surface area contributed by atoms with Crippen molar-refractivity contribution in [1.29, 1.82) is 0 Å². The van der Waals surface area contributed by atoms with Crippen molar-refractivity contribution in [2.24, 2.45) is 11.8 Å². The van der Waals surface area contributed by atoms with Crippen LogP contribution in [-0.2, 0) is 6.42 Å². The lowest BCUT2D eigenvalue weighted by molar-refractivity contribution is 0.160. The zero-order valence-electron chi connectivity index (χ0n) is 16.0. The standard InChI is InChI=1S/C24H23F5/c1-2-3-4-13-5-6-16-18(8-7-17-19(16)11-15(25)12-20(17)26)23(13)14-9-21(27)24(29)22(28)10-14/h2,9-13,16,18,23H,1,3-8H2. The third kappa shape index (κ3) is 3.60. The SMILES string of the molecule is C=CCCC1CCC2c3cc(F)cc(F)c3CCC2C1c1cc(F)c(F)c(F)c1. The van der Waals surface area contributed by atoms with Crippen LogP contribution in [0.4, 0.5) is 22.0 Å². The van der Waals surface area contributed by atoms with Crippen molar-refractivity contribution in [3.8, 4) is 0 Å². The van der Waals surface area contributed by atoms with Crippen LogP contribution in [0.3, 0.4) is 0 Å². The summed E-state index contributed by atoms with van der Waals surface area (Å²) in [7, 11) is 0. The Hall–Kier alpha value is -2.17. The average Bonchev–Trinajstić information content (AvgIpc) is 2.69. The number of benzene rings is 2. The topological polar surface area (TPSA) is 0 Å². The van der Waals surface area contributed by atoms with Gasteiger partial charge in [0.05, 0.1) is 0 Å². The van der Waals surface area contributed by atoms with Crippen molar-refractivity contribution in [2.75, 3.05) is 0 Å². The minimum atomic E-state index is -1.47. The van der Waals surface area contributed by atoms with Gasteiger partial charge in [-0.05, 0) is 97.1 Å². The highest BCUT2D eigenvalue weighted by molar-refractivity contribution is 5.38. The van der Waals surface area contributed by atoms with Gasteiger partial charge in [0, 0.05) is 6.07 Å². The minimum absolute atomic E-state index is 0.00322. The largest absolute Gasteiger partial charge is 0.207 e. The fourth-order valence-electron chi connectivity index (χ4n) is 5.63. The van der Waals surface area contributed by atoms with Gasteiger partial charge in [0.2, 0.25) is 0 Å². The first-order chi connectivity index (χ1) is 13.9.